The van der Waals surface area contributed by atoms with Gasteiger partial charge in [-0.3, -0.25) is 4.68 Å². The van der Waals surface area contributed by atoms with Crippen molar-refractivity contribution in [3.63, 3.8) is 0 Å². The summed E-state index contributed by atoms with van der Waals surface area (Å²) in [7, 11) is -2.37. The Labute approximate surface area is 229 Å². The molecule has 3 fully saturated rings. The van der Waals surface area contributed by atoms with Crippen molar-refractivity contribution < 1.29 is 13.2 Å². The number of fused-ring (bicyclic) bond motifs is 5. The molecular formula is C24H33N6NaO3S. The standard InChI is InChI=1S/C24H32N6O3S.Na.H/c1-28-14-19(13-25-28)30(22-15-29-10-8-16(22)9-11-29)34(32,33)27-24(31)26-23-20-6-2-4-17(20)12-18-5-3-7-21(18)23;;/h12-14,16,22H,2-11,15H2,1H3,(H2,26,27,31);;. The average molecular weight is 509 g/mol. The number of hydrogen-bond acceptors (Lipinski definition) is 5. The number of aromatic nitrogens is 2. The number of nitrogens with zero attached hydrogens (tertiary/aromatic N) is 4. The summed E-state index contributed by atoms with van der Waals surface area (Å²) < 4.78 is 32.7. The maximum atomic E-state index is 13.7. The molecule has 1 aromatic carbocycles. The second kappa shape index (κ2) is 9.70. The average Bonchev–Trinajstić information content (AvgIpc) is 3.55. The fourth-order valence-corrected chi connectivity index (χ4v) is 7.85. The van der Waals surface area contributed by atoms with Crippen molar-refractivity contribution in [2.45, 2.75) is 57.4 Å². The number of hydrogen-bond donors (Lipinski definition) is 2. The number of carbonyl (C=O) groups is 1. The zero-order valence-corrected chi connectivity index (χ0v) is 20.4. The number of rotatable bonds is 5. The summed E-state index contributed by atoms with van der Waals surface area (Å²) in [6.07, 6.45) is 11.2. The molecule has 0 radical (unpaired) electrons. The molecule has 3 saturated heterocycles. The van der Waals surface area contributed by atoms with Gasteiger partial charge in [0.2, 0.25) is 0 Å². The number of urea groups is 1. The zero-order valence-electron chi connectivity index (χ0n) is 19.6. The number of nitrogens with one attached hydrogen (secondary N) is 2. The van der Waals surface area contributed by atoms with Crippen molar-refractivity contribution in [1.29, 1.82) is 0 Å². The normalized spacial score (nSPS) is 24.4. The molecule has 2 amide bonds. The van der Waals surface area contributed by atoms with Gasteiger partial charge in [0.25, 0.3) is 0 Å². The van der Waals surface area contributed by atoms with Crippen LogP contribution in [0.4, 0.5) is 16.2 Å². The number of aryl methyl sites for hydroxylation is 3. The summed E-state index contributed by atoms with van der Waals surface area (Å²) in [5, 5.41) is 7.16. The molecule has 5 aliphatic rings. The number of carbonyl (C=O) groups excluding carboxylic acids is 1. The third-order valence-electron chi connectivity index (χ3n) is 8.06. The van der Waals surface area contributed by atoms with Crippen LogP contribution in [0.2, 0.25) is 0 Å². The van der Waals surface area contributed by atoms with Gasteiger partial charge >= 0.3 is 45.8 Å². The van der Waals surface area contributed by atoms with Gasteiger partial charge in [0.05, 0.1) is 17.9 Å². The van der Waals surface area contributed by atoms with Crippen LogP contribution in [0.25, 0.3) is 0 Å². The summed E-state index contributed by atoms with van der Waals surface area (Å²) in [6, 6.07) is 1.38. The first kappa shape index (κ1) is 25.1. The minimum absolute atomic E-state index is 0. The molecule has 9 nitrogen and oxygen atoms in total. The predicted molar refractivity (Wildman–Crippen MR) is 137 cm³/mol. The van der Waals surface area contributed by atoms with Crippen molar-refractivity contribution in [3.05, 3.63) is 40.7 Å². The van der Waals surface area contributed by atoms with Crippen LogP contribution < -0.4 is 14.3 Å². The number of benzene rings is 1. The van der Waals surface area contributed by atoms with Gasteiger partial charge in [-0.25, -0.2) is 13.8 Å². The van der Waals surface area contributed by atoms with Crippen LogP contribution in [0.1, 0.15) is 47.9 Å². The molecule has 2 aliphatic carbocycles. The van der Waals surface area contributed by atoms with Gasteiger partial charge < -0.3 is 10.2 Å². The molecule has 3 aliphatic heterocycles. The Morgan fingerprint density at radius 3 is 2.29 bits per heavy atom. The van der Waals surface area contributed by atoms with Gasteiger partial charge in [-0.05, 0) is 92.6 Å². The third-order valence-corrected chi connectivity index (χ3v) is 9.50. The van der Waals surface area contributed by atoms with E-state index in [-0.39, 0.29) is 41.5 Å². The monoisotopic (exact) mass is 508 g/mol. The van der Waals surface area contributed by atoms with E-state index >= 15 is 0 Å². The first-order valence-electron chi connectivity index (χ1n) is 12.4. The fourth-order valence-electron chi connectivity index (χ4n) is 6.50. The molecule has 35 heavy (non-hydrogen) atoms. The number of amides is 2. The van der Waals surface area contributed by atoms with Crippen molar-refractivity contribution in [1.82, 2.24) is 19.4 Å². The first-order valence-corrected chi connectivity index (χ1v) is 13.8. The molecule has 1 unspecified atom stereocenters. The second-order valence-corrected chi connectivity index (χ2v) is 11.7. The fraction of sp³-hybridized carbons (Fsp3) is 0.583. The van der Waals surface area contributed by atoms with Crippen LogP contribution in [-0.2, 0) is 42.9 Å². The Bertz CT molecular complexity index is 1210. The summed E-state index contributed by atoms with van der Waals surface area (Å²) in [6.45, 7) is 2.67. The van der Waals surface area contributed by atoms with E-state index in [1.807, 2.05) is 0 Å². The Kier molecular flexibility index (Phi) is 6.95. The molecule has 11 heteroatoms. The van der Waals surface area contributed by atoms with Crippen LogP contribution in [0.15, 0.2) is 18.5 Å². The van der Waals surface area contributed by atoms with E-state index in [1.165, 1.54) is 26.6 Å². The summed E-state index contributed by atoms with van der Waals surface area (Å²) >= 11 is 0. The van der Waals surface area contributed by atoms with E-state index in [9.17, 15) is 13.2 Å². The predicted octanol–water partition coefficient (Wildman–Crippen LogP) is 1.72. The van der Waals surface area contributed by atoms with E-state index in [0.29, 0.717) is 12.2 Å². The van der Waals surface area contributed by atoms with Gasteiger partial charge in [-0.2, -0.15) is 13.5 Å². The maximum absolute atomic E-state index is 13.7. The molecule has 0 saturated carbocycles. The van der Waals surface area contributed by atoms with Crippen LogP contribution in [0.3, 0.4) is 0 Å². The van der Waals surface area contributed by atoms with Crippen molar-refractivity contribution >= 4 is 57.2 Å². The summed E-state index contributed by atoms with van der Waals surface area (Å²) in [4.78, 5) is 15.5. The van der Waals surface area contributed by atoms with E-state index in [0.717, 1.165) is 70.1 Å². The SMILES string of the molecule is Cn1cc(N(C2CN3CCC2CC3)S(=O)(=O)NC(=O)Nc2c3c(cc4c2CCC4)CCC3)cn1.[NaH]. The molecular weight excluding hydrogens is 475 g/mol. The van der Waals surface area contributed by atoms with Gasteiger partial charge in [-0.1, -0.05) is 6.07 Å². The Hall–Kier alpha value is -1.59. The molecule has 7 rings (SSSR count). The molecule has 1 atom stereocenters. The van der Waals surface area contributed by atoms with Crippen molar-refractivity contribution in [2.75, 3.05) is 29.3 Å². The van der Waals surface area contributed by atoms with Gasteiger partial charge in [0.1, 0.15) is 0 Å². The van der Waals surface area contributed by atoms with Crippen LogP contribution in [-0.4, -0.2) is 84.4 Å². The third kappa shape index (κ3) is 4.64. The number of anilines is 2. The molecule has 184 valence electrons. The van der Waals surface area contributed by atoms with Crippen LogP contribution >= 0.6 is 0 Å². The van der Waals surface area contributed by atoms with E-state index < -0.39 is 16.2 Å². The van der Waals surface area contributed by atoms with Crippen molar-refractivity contribution in [3.8, 4) is 0 Å². The van der Waals surface area contributed by atoms with Crippen LogP contribution in [0.5, 0.6) is 0 Å². The van der Waals surface area contributed by atoms with E-state index in [2.05, 4.69) is 26.1 Å². The van der Waals surface area contributed by atoms with E-state index in [1.54, 1.807) is 24.1 Å². The van der Waals surface area contributed by atoms with E-state index in [4.69, 9.17) is 0 Å². The first-order chi connectivity index (χ1) is 16.4. The quantitative estimate of drug-likeness (QED) is 0.600. The van der Waals surface area contributed by atoms with Gasteiger partial charge in [-0.15, -0.1) is 0 Å². The molecule has 1 aromatic heterocycles. The molecule has 4 heterocycles. The minimum atomic E-state index is -4.14. The topological polar surface area (TPSA) is 99.6 Å². The summed E-state index contributed by atoms with van der Waals surface area (Å²) in [5.41, 5.74) is 6.27. The van der Waals surface area contributed by atoms with Crippen molar-refractivity contribution in [2.24, 2.45) is 13.0 Å². The Morgan fingerprint density at radius 2 is 1.74 bits per heavy atom. The molecule has 2 bridgehead atoms. The Balaban J connectivity index is 0.00000253. The zero-order chi connectivity index (χ0) is 23.4. The summed E-state index contributed by atoms with van der Waals surface area (Å²) in [5.74, 6) is 0.269. The molecule has 2 aromatic rings. The second-order valence-electron chi connectivity index (χ2n) is 10.2. The van der Waals surface area contributed by atoms with Crippen LogP contribution in [0, 0.1) is 5.92 Å². The van der Waals surface area contributed by atoms with Gasteiger partial charge in [0.15, 0.2) is 0 Å². The van der Waals surface area contributed by atoms with Gasteiger partial charge in [0, 0.05) is 25.5 Å². The number of piperidine rings is 3. The molecule has 0 spiro atoms. The molecule has 2 N–H and O–H groups in total. The Morgan fingerprint density at radius 1 is 1.09 bits per heavy atom.